The van der Waals surface area contributed by atoms with Crippen LogP contribution in [0.25, 0.3) is 0 Å². The van der Waals surface area contributed by atoms with Crippen molar-refractivity contribution in [2.24, 2.45) is 0 Å². The lowest BCUT2D eigenvalue weighted by Crippen LogP contribution is -2.25. The predicted molar refractivity (Wildman–Crippen MR) is 63.9 cm³/mol. The summed E-state index contributed by atoms with van der Waals surface area (Å²) < 4.78 is 26.6. The number of aromatic nitrogens is 1. The molecule has 2 aromatic rings. The monoisotopic (exact) mass is 249 g/mol. The van der Waals surface area contributed by atoms with Gasteiger partial charge in [0.1, 0.15) is 0 Å². The fourth-order valence-electron chi connectivity index (χ4n) is 1.84. The minimum atomic E-state index is -1.29. The Morgan fingerprint density at radius 1 is 1.22 bits per heavy atom. The number of rotatable bonds is 3. The number of hydrogen-bond donors (Lipinski definition) is 1. The van der Waals surface area contributed by atoms with E-state index in [0.29, 0.717) is 5.56 Å². The molecular weight excluding hydrogens is 236 g/mol. The van der Waals surface area contributed by atoms with Gasteiger partial charge >= 0.3 is 0 Å². The first kappa shape index (κ1) is 12.6. The molecule has 18 heavy (non-hydrogen) atoms. The van der Waals surface area contributed by atoms with Crippen LogP contribution < -0.4 is 0 Å². The highest BCUT2D eigenvalue weighted by atomic mass is 19.2. The van der Waals surface area contributed by atoms with E-state index in [2.05, 4.69) is 4.98 Å². The first-order valence-corrected chi connectivity index (χ1v) is 5.56. The minimum absolute atomic E-state index is 0.0116. The van der Waals surface area contributed by atoms with E-state index in [9.17, 15) is 13.9 Å². The van der Waals surface area contributed by atoms with Crippen molar-refractivity contribution >= 4 is 0 Å². The van der Waals surface area contributed by atoms with Crippen molar-refractivity contribution in [3.63, 3.8) is 0 Å². The van der Waals surface area contributed by atoms with Crippen molar-refractivity contribution in [3.8, 4) is 0 Å². The summed E-state index contributed by atoms with van der Waals surface area (Å²) in [5.41, 5.74) is -0.583. The van der Waals surface area contributed by atoms with Crippen LogP contribution in [0.3, 0.4) is 0 Å². The molecule has 1 aromatic heterocycles. The molecule has 1 aromatic carbocycles. The van der Waals surface area contributed by atoms with E-state index in [4.69, 9.17) is 0 Å². The van der Waals surface area contributed by atoms with Crippen molar-refractivity contribution < 1.29 is 13.9 Å². The van der Waals surface area contributed by atoms with Crippen LogP contribution in [0.15, 0.2) is 42.7 Å². The van der Waals surface area contributed by atoms with Gasteiger partial charge in [-0.2, -0.15) is 0 Å². The summed E-state index contributed by atoms with van der Waals surface area (Å²) in [4.78, 5) is 3.90. The Balaban J connectivity index is 2.31. The van der Waals surface area contributed by atoms with Gasteiger partial charge in [0.05, 0.1) is 5.60 Å². The largest absolute Gasteiger partial charge is 0.385 e. The Bertz CT molecular complexity index is 541. The maximum absolute atomic E-state index is 13.5. The van der Waals surface area contributed by atoms with Gasteiger partial charge in [-0.1, -0.05) is 18.2 Å². The van der Waals surface area contributed by atoms with E-state index in [1.54, 1.807) is 25.3 Å². The standard InChI is InChI=1S/C14H13F2NO/c1-14(18,11-5-3-7-17-9-11)8-10-4-2-6-12(15)13(10)16/h2-7,9,18H,8H2,1H3. The number of nitrogens with zero attached hydrogens (tertiary/aromatic N) is 1. The fraction of sp³-hybridized carbons (Fsp3) is 0.214. The molecule has 0 spiro atoms. The van der Waals surface area contributed by atoms with Crippen LogP contribution in [0.5, 0.6) is 0 Å². The molecule has 0 radical (unpaired) electrons. The van der Waals surface area contributed by atoms with Crippen LogP contribution >= 0.6 is 0 Å². The van der Waals surface area contributed by atoms with E-state index in [1.165, 1.54) is 18.3 Å². The molecule has 1 unspecified atom stereocenters. The highest BCUT2D eigenvalue weighted by Crippen LogP contribution is 2.26. The third-order valence-corrected chi connectivity index (χ3v) is 2.85. The van der Waals surface area contributed by atoms with Gasteiger partial charge in [-0.3, -0.25) is 4.98 Å². The lowest BCUT2D eigenvalue weighted by molar-refractivity contribution is 0.0562. The Labute approximate surface area is 104 Å². The number of hydrogen-bond acceptors (Lipinski definition) is 2. The second kappa shape index (κ2) is 4.82. The number of halogens is 2. The van der Waals surface area contributed by atoms with Crippen LogP contribution in [0, 0.1) is 11.6 Å². The summed E-state index contributed by atoms with van der Waals surface area (Å²) in [6.07, 6.45) is 3.09. The van der Waals surface area contributed by atoms with Gasteiger partial charge in [-0.15, -0.1) is 0 Å². The zero-order valence-electron chi connectivity index (χ0n) is 9.90. The van der Waals surface area contributed by atoms with Gasteiger partial charge < -0.3 is 5.11 Å². The maximum Gasteiger partial charge on any atom is 0.162 e. The van der Waals surface area contributed by atoms with Crippen LogP contribution in [0.4, 0.5) is 8.78 Å². The number of benzene rings is 1. The van der Waals surface area contributed by atoms with Gasteiger partial charge in [-0.25, -0.2) is 8.78 Å². The first-order valence-electron chi connectivity index (χ1n) is 5.56. The van der Waals surface area contributed by atoms with E-state index >= 15 is 0 Å². The van der Waals surface area contributed by atoms with Crippen LogP contribution in [-0.2, 0) is 12.0 Å². The number of aliphatic hydroxyl groups is 1. The zero-order chi connectivity index (χ0) is 13.2. The SMILES string of the molecule is CC(O)(Cc1cccc(F)c1F)c1cccnc1. The normalized spacial score (nSPS) is 14.2. The average molecular weight is 249 g/mol. The summed E-state index contributed by atoms with van der Waals surface area (Å²) in [5.74, 6) is -1.82. The molecule has 94 valence electrons. The molecule has 2 rings (SSSR count). The lowest BCUT2D eigenvalue weighted by atomic mass is 9.90. The number of pyridine rings is 1. The van der Waals surface area contributed by atoms with Crippen molar-refractivity contribution in [1.29, 1.82) is 0 Å². The average Bonchev–Trinajstić information content (AvgIpc) is 2.36. The van der Waals surface area contributed by atoms with Crippen LogP contribution in [0.1, 0.15) is 18.1 Å². The Hall–Kier alpha value is -1.81. The Morgan fingerprint density at radius 2 is 2.00 bits per heavy atom. The lowest BCUT2D eigenvalue weighted by Gasteiger charge is -2.23. The molecule has 0 aliphatic rings. The topological polar surface area (TPSA) is 33.1 Å². The quantitative estimate of drug-likeness (QED) is 0.907. The van der Waals surface area contributed by atoms with Crippen molar-refractivity contribution in [2.75, 3.05) is 0 Å². The van der Waals surface area contributed by atoms with Crippen LogP contribution in [0.2, 0.25) is 0 Å². The highest BCUT2D eigenvalue weighted by molar-refractivity contribution is 5.25. The third-order valence-electron chi connectivity index (χ3n) is 2.85. The third kappa shape index (κ3) is 2.54. The first-order chi connectivity index (χ1) is 8.50. The summed E-state index contributed by atoms with van der Waals surface area (Å²) in [6, 6.07) is 7.32. The van der Waals surface area contributed by atoms with Gasteiger partial charge in [0.2, 0.25) is 0 Å². The second-order valence-electron chi connectivity index (χ2n) is 4.41. The maximum atomic E-state index is 13.5. The molecule has 0 aliphatic carbocycles. The molecule has 1 heterocycles. The van der Waals surface area contributed by atoms with E-state index in [-0.39, 0.29) is 12.0 Å². The zero-order valence-corrected chi connectivity index (χ0v) is 9.90. The van der Waals surface area contributed by atoms with Crippen molar-refractivity contribution in [3.05, 3.63) is 65.5 Å². The van der Waals surface area contributed by atoms with Crippen LogP contribution in [-0.4, -0.2) is 10.1 Å². The summed E-state index contributed by atoms with van der Waals surface area (Å²) >= 11 is 0. The van der Waals surface area contributed by atoms with Gasteiger partial charge in [0.15, 0.2) is 11.6 Å². The second-order valence-corrected chi connectivity index (χ2v) is 4.41. The predicted octanol–water partition coefficient (Wildman–Crippen LogP) is 2.81. The summed E-state index contributed by atoms with van der Waals surface area (Å²) in [7, 11) is 0. The highest BCUT2D eigenvalue weighted by Gasteiger charge is 2.25. The molecule has 0 amide bonds. The van der Waals surface area contributed by atoms with Gasteiger partial charge in [0.25, 0.3) is 0 Å². The Morgan fingerprint density at radius 3 is 2.67 bits per heavy atom. The Kier molecular flexibility index (Phi) is 3.39. The summed E-state index contributed by atoms with van der Waals surface area (Å²) in [5, 5.41) is 10.3. The molecule has 0 bridgehead atoms. The summed E-state index contributed by atoms with van der Waals surface area (Å²) in [6.45, 7) is 1.55. The molecule has 0 aliphatic heterocycles. The molecule has 0 saturated heterocycles. The van der Waals surface area contributed by atoms with Crippen molar-refractivity contribution in [2.45, 2.75) is 18.9 Å². The van der Waals surface area contributed by atoms with Crippen molar-refractivity contribution in [1.82, 2.24) is 4.98 Å². The molecule has 0 fully saturated rings. The molecule has 1 N–H and O–H groups in total. The minimum Gasteiger partial charge on any atom is -0.385 e. The van der Waals surface area contributed by atoms with E-state index in [0.717, 1.165) is 6.07 Å². The molecule has 2 nitrogen and oxygen atoms in total. The fourth-order valence-corrected chi connectivity index (χ4v) is 1.84. The van der Waals surface area contributed by atoms with E-state index < -0.39 is 17.2 Å². The van der Waals surface area contributed by atoms with E-state index in [1.807, 2.05) is 0 Å². The molecule has 0 saturated carbocycles. The van der Waals surface area contributed by atoms with Gasteiger partial charge in [-0.05, 0) is 24.6 Å². The molecule has 4 heteroatoms. The molecule has 1 atom stereocenters. The smallest absolute Gasteiger partial charge is 0.162 e. The molecular formula is C14H13F2NO. The van der Waals surface area contributed by atoms with Gasteiger partial charge in [0, 0.05) is 24.4 Å².